The van der Waals surface area contributed by atoms with Gasteiger partial charge in [0.25, 0.3) is 0 Å². The summed E-state index contributed by atoms with van der Waals surface area (Å²) in [5.41, 5.74) is 0.323. The molecule has 0 saturated carbocycles. The minimum absolute atomic E-state index is 0.323. The third kappa shape index (κ3) is 3.30. The summed E-state index contributed by atoms with van der Waals surface area (Å²) >= 11 is 0. The number of carbonyl (C=O) groups excluding carboxylic acids is 2. The zero-order valence-corrected chi connectivity index (χ0v) is 8.47. The molecule has 1 aromatic carbocycles. The van der Waals surface area contributed by atoms with E-state index in [1.54, 1.807) is 30.3 Å². The quantitative estimate of drug-likeness (QED) is 0.519. The van der Waals surface area contributed by atoms with E-state index in [-0.39, 0.29) is 0 Å². The molecule has 80 valence electrons. The summed E-state index contributed by atoms with van der Waals surface area (Å²) in [4.78, 5) is 31.9. The van der Waals surface area contributed by atoms with Crippen LogP contribution in [0.2, 0.25) is 0 Å². The van der Waals surface area contributed by atoms with Crippen molar-refractivity contribution in [2.45, 2.75) is 0 Å². The van der Waals surface area contributed by atoms with Gasteiger partial charge in [-0.05, 0) is 12.1 Å². The molecule has 0 atom stereocenters. The SMILES string of the molecule is CN(C)C(=O)OOC(=O)c1ccccc1. The van der Waals surface area contributed by atoms with Gasteiger partial charge >= 0.3 is 12.1 Å². The monoisotopic (exact) mass is 209 g/mol. The van der Waals surface area contributed by atoms with Crippen LogP contribution >= 0.6 is 0 Å². The number of amides is 1. The van der Waals surface area contributed by atoms with Crippen molar-refractivity contribution in [3.63, 3.8) is 0 Å². The van der Waals surface area contributed by atoms with E-state index in [1.165, 1.54) is 14.1 Å². The van der Waals surface area contributed by atoms with Gasteiger partial charge in [-0.3, -0.25) is 0 Å². The Morgan fingerprint density at radius 2 is 1.67 bits per heavy atom. The Morgan fingerprint density at radius 1 is 1.07 bits per heavy atom. The molecule has 0 aliphatic heterocycles. The molecule has 0 radical (unpaired) electrons. The van der Waals surface area contributed by atoms with Crippen molar-refractivity contribution in [3.05, 3.63) is 35.9 Å². The Balaban J connectivity index is 2.48. The summed E-state index contributed by atoms with van der Waals surface area (Å²) < 4.78 is 0. The maximum Gasteiger partial charge on any atom is 0.452 e. The average Bonchev–Trinajstić information content (AvgIpc) is 2.26. The van der Waals surface area contributed by atoms with Gasteiger partial charge < -0.3 is 4.90 Å². The lowest BCUT2D eigenvalue weighted by Crippen LogP contribution is -2.24. The fourth-order valence-corrected chi connectivity index (χ4v) is 0.770. The molecule has 15 heavy (non-hydrogen) atoms. The van der Waals surface area contributed by atoms with Crippen LogP contribution in [0.5, 0.6) is 0 Å². The average molecular weight is 209 g/mol. The van der Waals surface area contributed by atoms with Crippen LogP contribution in [-0.2, 0) is 9.78 Å². The van der Waals surface area contributed by atoms with Crippen molar-refractivity contribution in [2.24, 2.45) is 0 Å². The smallest absolute Gasteiger partial charge is 0.311 e. The van der Waals surface area contributed by atoms with Crippen molar-refractivity contribution in [3.8, 4) is 0 Å². The van der Waals surface area contributed by atoms with Crippen molar-refractivity contribution >= 4 is 12.1 Å². The van der Waals surface area contributed by atoms with Gasteiger partial charge in [-0.2, -0.15) is 0 Å². The second-order valence-corrected chi connectivity index (χ2v) is 2.98. The third-order valence-corrected chi connectivity index (χ3v) is 1.56. The van der Waals surface area contributed by atoms with E-state index in [4.69, 9.17) is 0 Å². The van der Waals surface area contributed by atoms with Crippen molar-refractivity contribution in [1.82, 2.24) is 4.90 Å². The predicted octanol–water partition coefficient (Wildman–Crippen LogP) is 1.46. The van der Waals surface area contributed by atoms with Crippen LogP contribution in [0.1, 0.15) is 10.4 Å². The van der Waals surface area contributed by atoms with Gasteiger partial charge in [0.05, 0.1) is 5.56 Å². The Morgan fingerprint density at radius 3 is 2.20 bits per heavy atom. The summed E-state index contributed by atoms with van der Waals surface area (Å²) in [5.74, 6) is -0.703. The van der Waals surface area contributed by atoms with Gasteiger partial charge in [0.1, 0.15) is 0 Å². The first kappa shape index (κ1) is 11.0. The molecule has 1 amide bonds. The maximum absolute atomic E-state index is 11.3. The van der Waals surface area contributed by atoms with E-state index < -0.39 is 12.1 Å². The molecule has 0 bridgehead atoms. The van der Waals surface area contributed by atoms with Crippen LogP contribution in [-0.4, -0.2) is 31.1 Å². The Bertz CT molecular complexity index is 348. The zero-order chi connectivity index (χ0) is 11.3. The van der Waals surface area contributed by atoms with Gasteiger partial charge in [0.15, 0.2) is 0 Å². The third-order valence-electron chi connectivity index (χ3n) is 1.56. The van der Waals surface area contributed by atoms with Crippen molar-refractivity contribution in [1.29, 1.82) is 0 Å². The molecular formula is C10H11NO4. The van der Waals surface area contributed by atoms with Gasteiger partial charge in [0.2, 0.25) is 0 Å². The van der Waals surface area contributed by atoms with Crippen LogP contribution < -0.4 is 0 Å². The molecule has 0 aliphatic carbocycles. The highest BCUT2D eigenvalue weighted by Gasteiger charge is 2.12. The molecule has 5 heteroatoms. The lowest BCUT2D eigenvalue weighted by Gasteiger charge is -2.08. The first-order valence-corrected chi connectivity index (χ1v) is 4.26. The van der Waals surface area contributed by atoms with Gasteiger partial charge in [-0.1, -0.05) is 18.2 Å². The molecule has 0 saturated heterocycles. The molecule has 0 aromatic heterocycles. The summed E-state index contributed by atoms with van der Waals surface area (Å²) in [6.45, 7) is 0. The van der Waals surface area contributed by atoms with Crippen LogP contribution in [0.25, 0.3) is 0 Å². The topological polar surface area (TPSA) is 55.8 Å². The first-order valence-electron chi connectivity index (χ1n) is 4.26. The second kappa shape index (κ2) is 4.99. The fraction of sp³-hybridized carbons (Fsp3) is 0.200. The number of rotatable bonds is 1. The number of hydrogen-bond donors (Lipinski definition) is 0. The molecule has 0 unspecified atom stereocenters. The van der Waals surface area contributed by atoms with E-state index in [0.717, 1.165) is 4.90 Å². The molecule has 1 rings (SSSR count). The zero-order valence-electron chi connectivity index (χ0n) is 8.47. The predicted molar refractivity (Wildman–Crippen MR) is 52.0 cm³/mol. The largest absolute Gasteiger partial charge is 0.452 e. The molecule has 0 fully saturated rings. The van der Waals surface area contributed by atoms with E-state index in [2.05, 4.69) is 9.78 Å². The van der Waals surface area contributed by atoms with Gasteiger partial charge in [0, 0.05) is 14.1 Å². The summed E-state index contributed by atoms with van der Waals surface area (Å²) in [7, 11) is 2.97. The Kier molecular flexibility index (Phi) is 3.68. The number of nitrogens with zero attached hydrogens (tertiary/aromatic N) is 1. The van der Waals surface area contributed by atoms with Gasteiger partial charge in [-0.25, -0.2) is 19.4 Å². The summed E-state index contributed by atoms with van der Waals surface area (Å²) in [6.07, 6.45) is -0.737. The molecule has 5 nitrogen and oxygen atoms in total. The number of hydrogen-bond acceptors (Lipinski definition) is 4. The lowest BCUT2D eigenvalue weighted by molar-refractivity contribution is -0.190. The molecule has 0 heterocycles. The number of carbonyl (C=O) groups is 2. The van der Waals surface area contributed by atoms with Crippen molar-refractivity contribution < 1.29 is 19.4 Å². The molecule has 1 aromatic rings. The van der Waals surface area contributed by atoms with Crippen LogP contribution in [0.4, 0.5) is 4.79 Å². The van der Waals surface area contributed by atoms with E-state index in [9.17, 15) is 9.59 Å². The van der Waals surface area contributed by atoms with Crippen LogP contribution in [0.3, 0.4) is 0 Å². The summed E-state index contributed by atoms with van der Waals surface area (Å²) in [5, 5.41) is 0. The summed E-state index contributed by atoms with van der Waals surface area (Å²) in [6, 6.07) is 8.26. The molecule has 0 spiro atoms. The highest BCUT2D eigenvalue weighted by atomic mass is 17.2. The van der Waals surface area contributed by atoms with E-state index in [0.29, 0.717) is 5.56 Å². The van der Waals surface area contributed by atoms with E-state index >= 15 is 0 Å². The van der Waals surface area contributed by atoms with Gasteiger partial charge in [-0.15, -0.1) is 0 Å². The second-order valence-electron chi connectivity index (χ2n) is 2.98. The highest BCUT2D eigenvalue weighted by Crippen LogP contribution is 2.01. The number of benzene rings is 1. The molecular weight excluding hydrogens is 198 g/mol. The molecule has 0 aliphatic rings. The minimum atomic E-state index is -0.737. The lowest BCUT2D eigenvalue weighted by atomic mass is 10.2. The van der Waals surface area contributed by atoms with Crippen molar-refractivity contribution in [2.75, 3.05) is 14.1 Å². The maximum atomic E-state index is 11.3. The highest BCUT2D eigenvalue weighted by molar-refractivity contribution is 5.89. The van der Waals surface area contributed by atoms with Crippen LogP contribution in [0, 0.1) is 0 Å². The Hall–Kier alpha value is -2.04. The first-order chi connectivity index (χ1) is 7.11. The molecule has 0 N–H and O–H groups in total. The van der Waals surface area contributed by atoms with Crippen LogP contribution in [0.15, 0.2) is 30.3 Å². The standard InChI is InChI=1S/C10H11NO4/c1-11(2)10(13)15-14-9(12)8-6-4-3-5-7-8/h3-7H,1-2H3. The normalized spacial score (nSPS) is 9.20. The minimum Gasteiger partial charge on any atom is -0.311 e. The fourth-order valence-electron chi connectivity index (χ4n) is 0.770. The van der Waals surface area contributed by atoms with E-state index in [1.807, 2.05) is 0 Å². The Labute approximate surface area is 87.1 Å².